The Morgan fingerprint density at radius 3 is 2.62 bits per heavy atom. The molecule has 6 heteroatoms. The number of pyridine rings is 1. The van der Waals surface area contributed by atoms with Crippen molar-refractivity contribution in [3.63, 3.8) is 0 Å². The summed E-state index contributed by atoms with van der Waals surface area (Å²) in [4.78, 5) is 15.9. The third kappa shape index (κ3) is 3.65. The molecule has 1 saturated carbocycles. The predicted octanol–water partition coefficient (Wildman–Crippen LogP) is 4.48. The third-order valence-electron chi connectivity index (χ3n) is 3.17. The third-order valence-corrected chi connectivity index (χ3v) is 3.72. The van der Waals surface area contributed by atoms with Gasteiger partial charge in [-0.2, -0.15) is 0 Å². The Morgan fingerprint density at radius 1 is 1.19 bits per heavy atom. The molecule has 1 fully saturated rings. The highest BCUT2D eigenvalue weighted by molar-refractivity contribution is 6.36. The van der Waals surface area contributed by atoms with Crippen LogP contribution in [0.3, 0.4) is 0 Å². The molecule has 0 bridgehead atoms. The summed E-state index contributed by atoms with van der Waals surface area (Å²) in [6, 6.07) is 8.79. The molecule has 1 aromatic carbocycles. The molecule has 1 aliphatic rings. The zero-order valence-corrected chi connectivity index (χ0v) is 12.6. The zero-order chi connectivity index (χ0) is 14.8. The summed E-state index contributed by atoms with van der Waals surface area (Å²) in [7, 11) is 0. The second kappa shape index (κ2) is 5.92. The lowest BCUT2D eigenvalue weighted by Crippen LogP contribution is -2.13. The van der Waals surface area contributed by atoms with Crippen LogP contribution < -0.4 is 10.6 Å². The molecule has 2 aromatic rings. The average Bonchev–Trinajstić information content (AvgIpc) is 3.28. The maximum atomic E-state index is 11.6. The van der Waals surface area contributed by atoms with Crippen LogP contribution in [0, 0.1) is 5.92 Å². The lowest BCUT2D eigenvalue weighted by atomic mass is 10.3. The molecule has 1 heterocycles. The maximum Gasteiger partial charge on any atom is 0.227 e. The van der Waals surface area contributed by atoms with Gasteiger partial charge >= 0.3 is 0 Å². The van der Waals surface area contributed by atoms with Gasteiger partial charge in [0.15, 0.2) is 0 Å². The Bertz CT molecular complexity index is 669. The van der Waals surface area contributed by atoms with Gasteiger partial charge in [-0.05, 0) is 43.2 Å². The number of carbonyl (C=O) groups is 1. The van der Waals surface area contributed by atoms with Gasteiger partial charge in [-0.3, -0.25) is 4.79 Å². The Morgan fingerprint density at radius 2 is 2.00 bits per heavy atom. The number of nitrogens with one attached hydrogen (secondary N) is 2. The molecule has 0 spiro atoms. The van der Waals surface area contributed by atoms with Gasteiger partial charge in [0.1, 0.15) is 5.82 Å². The smallest absolute Gasteiger partial charge is 0.227 e. The molecule has 2 N–H and O–H groups in total. The highest BCUT2D eigenvalue weighted by Crippen LogP contribution is 2.30. The normalized spacial score (nSPS) is 13.8. The van der Waals surface area contributed by atoms with Crippen LogP contribution in [0.5, 0.6) is 0 Å². The predicted molar refractivity (Wildman–Crippen MR) is 85.3 cm³/mol. The van der Waals surface area contributed by atoms with Gasteiger partial charge in [0.05, 0.1) is 22.6 Å². The van der Waals surface area contributed by atoms with Crippen LogP contribution in [-0.2, 0) is 4.79 Å². The van der Waals surface area contributed by atoms with Gasteiger partial charge in [0.2, 0.25) is 5.91 Å². The van der Waals surface area contributed by atoms with Crippen LogP contribution in [0.1, 0.15) is 12.8 Å². The first kappa shape index (κ1) is 14.2. The van der Waals surface area contributed by atoms with E-state index in [2.05, 4.69) is 15.6 Å². The highest BCUT2D eigenvalue weighted by atomic mass is 35.5. The van der Waals surface area contributed by atoms with Crippen molar-refractivity contribution in [1.29, 1.82) is 0 Å². The lowest BCUT2D eigenvalue weighted by molar-refractivity contribution is -0.117. The van der Waals surface area contributed by atoms with Crippen LogP contribution >= 0.6 is 23.2 Å². The first-order valence-electron chi connectivity index (χ1n) is 6.61. The summed E-state index contributed by atoms with van der Waals surface area (Å²) in [5.74, 6) is 0.887. The number of benzene rings is 1. The number of nitrogens with zero attached hydrogens (tertiary/aromatic N) is 1. The summed E-state index contributed by atoms with van der Waals surface area (Å²) in [5, 5.41) is 7.05. The largest absolute Gasteiger partial charge is 0.339 e. The minimum atomic E-state index is 0.0678. The number of halogens is 2. The van der Waals surface area contributed by atoms with E-state index in [1.807, 2.05) is 0 Å². The van der Waals surface area contributed by atoms with Gasteiger partial charge in [-0.15, -0.1) is 0 Å². The number of hydrogen-bond acceptors (Lipinski definition) is 3. The molecule has 1 aliphatic carbocycles. The zero-order valence-electron chi connectivity index (χ0n) is 11.1. The highest BCUT2D eigenvalue weighted by Gasteiger charge is 2.29. The van der Waals surface area contributed by atoms with Gasteiger partial charge in [0, 0.05) is 10.9 Å². The minimum Gasteiger partial charge on any atom is -0.339 e. The van der Waals surface area contributed by atoms with Crippen LogP contribution in [-0.4, -0.2) is 10.9 Å². The summed E-state index contributed by atoms with van der Waals surface area (Å²) in [6.45, 7) is 0. The molecule has 108 valence electrons. The molecule has 0 unspecified atom stereocenters. The molecule has 1 amide bonds. The van der Waals surface area contributed by atoms with Crippen molar-refractivity contribution < 1.29 is 4.79 Å². The Balaban J connectivity index is 1.67. The van der Waals surface area contributed by atoms with Crippen LogP contribution in [0.15, 0.2) is 36.5 Å². The van der Waals surface area contributed by atoms with Crippen molar-refractivity contribution in [3.8, 4) is 0 Å². The SMILES string of the molecule is O=C(Nc1ccc(Nc2ccc(Cl)cc2Cl)nc1)C1CC1. The molecule has 0 aliphatic heterocycles. The average molecular weight is 322 g/mol. The van der Waals surface area contributed by atoms with Crippen molar-refractivity contribution >= 4 is 46.3 Å². The van der Waals surface area contributed by atoms with Crippen LogP contribution in [0.2, 0.25) is 10.0 Å². The van der Waals surface area contributed by atoms with Crippen molar-refractivity contribution in [2.24, 2.45) is 5.92 Å². The van der Waals surface area contributed by atoms with Crippen molar-refractivity contribution in [1.82, 2.24) is 4.98 Å². The summed E-state index contributed by atoms with van der Waals surface area (Å²) in [5.41, 5.74) is 1.42. The first-order chi connectivity index (χ1) is 10.1. The molecule has 0 radical (unpaired) electrons. The van der Waals surface area contributed by atoms with Gasteiger partial charge < -0.3 is 10.6 Å². The van der Waals surface area contributed by atoms with E-state index in [-0.39, 0.29) is 11.8 Å². The second-order valence-corrected chi connectivity index (χ2v) is 5.79. The van der Waals surface area contributed by atoms with Gasteiger partial charge in [-0.25, -0.2) is 4.98 Å². The van der Waals surface area contributed by atoms with E-state index in [9.17, 15) is 4.79 Å². The van der Waals surface area contributed by atoms with Gasteiger partial charge in [0.25, 0.3) is 0 Å². The van der Waals surface area contributed by atoms with E-state index in [1.165, 1.54) is 0 Å². The fraction of sp³-hybridized carbons (Fsp3) is 0.200. The minimum absolute atomic E-state index is 0.0678. The van der Waals surface area contributed by atoms with Gasteiger partial charge in [-0.1, -0.05) is 23.2 Å². The van der Waals surface area contributed by atoms with E-state index in [0.717, 1.165) is 18.5 Å². The van der Waals surface area contributed by atoms with Crippen molar-refractivity contribution in [2.75, 3.05) is 10.6 Å². The van der Waals surface area contributed by atoms with E-state index in [4.69, 9.17) is 23.2 Å². The number of aromatic nitrogens is 1. The van der Waals surface area contributed by atoms with E-state index in [1.54, 1.807) is 36.5 Å². The van der Waals surface area contributed by atoms with Crippen LogP contribution in [0.25, 0.3) is 0 Å². The first-order valence-corrected chi connectivity index (χ1v) is 7.36. The topological polar surface area (TPSA) is 54.0 Å². The summed E-state index contributed by atoms with van der Waals surface area (Å²) >= 11 is 11.9. The fourth-order valence-corrected chi connectivity index (χ4v) is 2.32. The van der Waals surface area contributed by atoms with E-state index in [0.29, 0.717) is 21.6 Å². The Kier molecular flexibility index (Phi) is 3.99. The molecule has 21 heavy (non-hydrogen) atoms. The van der Waals surface area contributed by atoms with Crippen molar-refractivity contribution in [3.05, 3.63) is 46.6 Å². The Labute approximate surface area is 132 Å². The molecular weight excluding hydrogens is 309 g/mol. The number of carbonyl (C=O) groups excluding carboxylic acids is 1. The number of rotatable bonds is 4. The second-order valence-electron chi connectivity index (χ2n) is 4.94. The maximum absolute atomic E-state index is 11.6. The van der Waals surface area contributed by atoms with Crippen molar-refractivity contribution in [2.45, 2.75) is 12.8 Å². The number of anilines is 3. The fourth-order valence-electron chi connectivity index (χ4n) is 1.86. The van der Waals surface area contributed by atoms with E-state index >= 15 is 0 Å². The molecular formula is C15H13Cl2N3O. The quantitative estimate of drug-likeness (QED) is 0.872. The van der Waals surface area contributed by atoms with E-state index < -0.39 is 0 Å². The number of hydrogen-bond donors (Lipinski definition) is 2. The molecule has 4 nitrogen and oxygen atoms in total. The standard InChI is InChI=1S/C15H13Cl2N3O/c16-10-3-5-13(12(17)7-10)20-14-6-4-11(8-18-14)19-15(21)9-1-2-9/h3-9H,1-2H2,(H,18,20)(H,19,21). The summed E-state index contributed by atoms with van der Waals surface area (Å²) < 4.78 is 0. The lowest BCUT2D eigenvalue weighted by Gasteiger charge is -2.09. The Hall–Kier alpha value is -1.78. The monoisotopic (exact) mass is 321 g/mol. The molecule has 0 saturated heterocycles. The summed E-state index contributed by atoms with van der Waals surface area (Å²) in [6.07, 6.45) is 3.58. The molecule has 3 rings (SSSR count). The van der Waals surface area contributed by atoms with Crippen LogP contribution in [0.4, 0.5) is 17.2 Å². The molecule has 1 aromatic heterocycles. The molecule has 0 atom stereocenters. The number of amides is 1.